The van der Waals surface area contributed by atoms with Crippen molar-refractivity contribution < 1.29 is 13.5 Å². The van der Waals surface area contributed by atoms with Crippen LogP contribution in [0.4, 0.5) is 0 Å². The highest BCUT2D eigenvalue weighted by Gasteiger charge is 2.57. The third-order valence-electron chi connectivity index (χ3n) is 5.98. The van der Waals surface area contributed by atoms with Gasteiger partial charge in [-0.15, -0.1) is 0 Å². The lowest BCUT2D eigenvalue weighted by Gasteiger charge is -2.44. The van der Waals surface area contributed by atoms with E-state index in [2.05, 4.69) is 0 Å². The average Bonchev–Trinajstić information content (AvgIpc) is 2.66. The Hall–Kier alpha value is -1.65. The topological polar surface area (TPSA) is 54.4 Å². The molecule has 0 fully saturated rings. The van der Waals surface area contributed by atoms with Gasteiger partial charge in [0.2, 0.25) is 0 Å². The van der Waals surface area contributed by atoms with E-state index in [1.807, 2.05) is 70.2 Å². The van der Waals surface area contributed by atoms with Gasteiger partial charge in [-0.2, -0.15) is 0 Å². The molecular formula is C22H30O3S. The van der Waals surface area contributed by atoms with Crippen LogP contribution in [0, 0.1) is 5.41 Å². The molecule has 0 bridgehead atoms. The molecular weight excluding hydrogens is 344 g/mol. The van der Waals surface area contributed by atoms with Crippen molar-refractivity contribution in [2.75, 3.05) is 0 Å². The number of rotatable bonds is 1. The maximum atomic E-state index is 13.4. The first-order valence-electron chi connectivity index (χ1n) is 9.19. The lowest BCUT2D eigenvalue weighted by Crippen LogP contribution is -2.52. The molecule has 2 atom stereocenters. The molecule has 1 aliphatic rings. The first-order valence-corrected chi connectivity index (χ1v) is 10.7. The normalized spacial score (nSPS) is 25.2. The number of fused-ring (bicyclic) bond motifs is 1. The molecule has 0 radical (unpaired) electrons. The van der Waals surface area contributed by atoms with Crippen LogP contribution in [0.5, 0.6) is 0 Å². The van der Waals surface area contributed by atoms with E-state index < -0.39 is 26.1 Å². The zero-order valence-corrected chi connectivity index (χ0v) is 17.3. The summed E-state index contributed by atoms with van der Waals surface area (Å²) in [4.78, 5) is 0.327. The highest BCUT2D eigenvalue weighted by molar-refractivity contribution is 7.93. The SMILES string of the molecule is CC.CC1(C)C(O)[C@@H](c2ccccc2)c2ccccc2S(=O)(=O)C1(C)C. The molecule has 0 spiro atoms. The van der Waals surface area contributed by atoms with Gasteiger partial charge in [-0.1, -0.05) is 76.2 Å². The Labute approximate surface area is 158 Å². The first kappa shape index (κ1) is 20.7. The molecule has 3 rings (SSSR count). The summed E-state index contributed by atoms with van der Waals surface area (Å²) < 4.78 is 25.6. The Morgan fingerprint density at radius 1 is 0.846 bits per heavy atom. The van der Waals surface area contributed by atoms with Crippen molar-refractivity contribution in [1.82, 2.24) is 0 Å². The maximum Gasteiger partial charge on any atom is 0.184 e. The minimum Gasteiger partial charge on any atom is -0.392 e. The van der Waals surface area contributed by atoms with E-state index in [4.69, 9.17) is 0 Å². The first-order chi connectivity index (χ1) is 12.1. The number of aliphatic hydroxyl groups excluding tert-OH is 1. The summed E-state index contributed by atoms with van der Waals surface area (Å²) in [7, 11) is -3.60. The fraction of sp³-hybridized carbons (Fsp3) is 0.455. The van der Waals surface area contributed by atoms with Crippen LogP contribution in [0.1, 0.15) is 58.6 Å². The van der Waals surface area contributed by atoms with Gasteiger partial charge in [0, 0.05) is 11.3 Å². The number of benzene rings is 2. The van der Waals surface area contributed by atoms with E-state index in [0.717, 1.165) is 5.56 Å². The monoisotopic (exact) mass is 374 g/mol. The van der Waals surface area contributed by atoms with Crippen molar-refractivity contribution in [2.45, 2.75) is 63.2 Å². The fourth-order valence-corrected chi connectivity index (χ4v) is 5.69. The van der Waals surface area contributed by atoms with Crippen LogP contribution in [0.2, 0.25) is 0 Å². The third-order valence-corrected chi connectivity index (χ3v) is 8.80. The standard InChI is InChI=1S/C20H24O3S.C2H6/c1-19(2)18(21)17(14-10-6-5-7-11-14)15-12-8-9-13-16(15)24(22,23)20(19,3)4;1-2/h5-13,17-18,21H,1-4H3;1-2H3/t17-,18?;/m0./s1. The summed E-state index contributed by atoms with van der Waals surface area (Å²) >= 11 is 0. The van der Waals surface area contributed by atoms with Crippen LogP contribution in [0.15, 0.2) is 59.5 Å². The summed E-state index contributed by atoms with van der Waals surface area (Å²) in [6, 6.07) is 16.7. The zero-order valence-electron chi connectivity index (χ0n) is 16.5. The molecule has 4 heteroatoms. The molecule has 2 aromatic carbocycles. The summed E-state index contributed by atoms with van der Waals surface area (Å²) in [6.07, 6.45) is -0.826. The molecule has 0 aromatic heterocycles. The number of aliphatic hydroxyl groups is 1. The smallest absolute Gasteiger partial charge is 0.184 e. The van der Waals surface area contributed by atoms with Gasteiger partial charge in [0.05, 0.1) is 15.7 Å². The Morgan fingerprint density at radius 3 is 1.92 bits per heavy atom. The van der Waals surface area contributed by atoms with Gasteiger partial charge < -0.3 is 5.11 Å². The third kappa shape index (κ3) is 2.89. The van der Waals surface area contributed by atoms with Gasteiger partial charge in [-0.05, 0) is 31.0 Å². The molecule has 0 saturated heterocycles. The number of sulfone groups is 1. The van der Waals surface area contributed by atoms with Gasteiger partial charge in [-0.25, -0.2) is 8.42 Å². The Bertz CT molecular complexity index is 852. The number of hydrogen-bond donors (Lipinski definition) is 1. The average molecular weight is 375 g/mol. The molecule has 26 heavy (non-hydrogen) atoms. The summed E-state index contributed by atoms with van der Waals surface area (Å²) in [5.74, 6) is -0.381. The second kappa shape index (κ2) is 7.16. The number of hydrogen-bond acceptors (Lipinski definition) is 3. The fourth-order valence-electron chi connectivity index (χ4n) is 3.57. The lowest BCUT2D eigenvalue weighted by molar-refractivity contribution is 0.0166. The van der Waals surface area contributed by atoms with Gasteiger partial charge in [0.1, 0.15) is 0 Å². The quantitative estimate of drug-likeness (QED) is 0.780. The Balaban J connectivity index is 0.00000117. The predicted molar refractivity (Wildman–Crippen MR) is 107 cm³/mol. The molecule has 1 N–H and O–H groups in total. The zero-order chi connectivity index (χ0) is 19.8. The van der Waals surface area contributed by atoms with Crippen molar-refractivity contribution in [1.29, 1.82) is 0 Å². The Kier molecular flexibility index (Phi) is 5.69. The predicted octanol–water partition coefficient (Wildman–Crippen LogP) is 4.80. The van der Waals surface area contributed by atoms with Gasteiger partial charge in [-0.3, -0.25) is 0 Å². The van der Waals surface area contributed by atoms with Gasteiger partial charge in [0.25, 0.3) is 0 Å². The van der Waals surface area contributed by atoms with Crippen molar-refractivity contribution in [3.63, 3.8) is 0 Å². The van der Waals surface area contributed by atoms with E-state index in [1.54, 1.807) is 26.0 Å². The molecule has 1 unspecified atom stereocenters. The molecule has 3 nitrogen and oxygen atoms in total. The molecule has 1 aliphatic heterocycles. The molecule has 0 aliphatic carbocycles. The lowest BCUT2D eigenvalue weighted by atomic mass is 9.68. The summed E-state index contributed by atoms with van der Waals surface area (Å²) in [5, 5.41) is 11.3. The minimum atomic E-state index is -3.60. The van der Waals surface area contributed by atoms with Crippen molar-refractivity contribution >= 4 is 9.84 Å². The van der Waals surface area contributed by atoms with E-state index in [1.165, 1.54) is 0 Å². The largest absolute Gasteiger partial charge is 0.392 e. The molecule has 1 heterocycles. The van der Waals surface area contributed by atoms with Crippen LogP contribution in [-0.4, -0.2) is 24.4 Å². The molecule has 2 aromatic rings. The second-order valence-corrected chi connectivity index (χ2v) is 10.1. The highest BCUT2D eigenvalue weighted by Crippen LogP contribution is 2.52. The maximum absolute atomic E-state index is 13.4. The summed E-state index contributed by atoms with van der Waals surface area (Å²) in [5.41, 5.74) is 0.777. The van der Waals surface area contributed by atoms with E-state index in [0.29, 0.717) is 10.5 Å². The van der Waals surface area contributed by atoms with E-state index in [9.17, 15) is 13.5 Å². The Morgan fingerprint density at radius 2 is 1.35 bits per heavy atom. The van der Waals surface area contributed by atoms with Crippen LogP contribution in [0.25, 0.3) is 0 Å². The second-order valence-electron chi connectivity index (χ2n) is 7.61. The van der Waals surface area contributed by atoms with E-state index in [-0.39, 0.29) is 5.92 Å². The van der Waals surface area contributed by atoms with Crippen molar-refractivity contribution in [3.8, 4) is 0 Å². The minimum absolute atomic E-state index is 0.327. The van der Waals surface area contributed by atoms with Crippen LogP contribution in [0.3, 0.4) is 0 Å². The van der Waals surface area contributed by atoms with Gasteiger partial charge >= 0.3 is 0 Å². The van der Waals surface area contributed by atoms with Crippen molar-refractivity contribution in [3.05, 3.63) is 65.7 Å². The van der Waals surface area contributed by atoms with Gasteiger partial charge in [0.15, 0.2) is 9.84 Å². The highest BCUT2D eigenvalue weighted by atomic mass is 32.2. The van der Waals surface area contributed by atoms with Crippen molar-refractivity contribution in [2.24, 2.45) is 5.41 Å². The van der Waals surface area contributed by atoms with Crippen LogP contribution in [-0.2, 0) is 9.84 Å². The molecule has 142 valence electrons. The van der Waals surface area contributed by atoms with Crippen LogP contribution >= 0.6 is 0 Å². The molecule has 0 saturated carbocycles. The van der Waals surface area contributed by atoms with E-state index >= 15 is 0 Å². The summed E-state index contributed by atoms with van der Waals surface area (Å²) in [6.45, 7) is 11.1. The van der Waals surface area contributed by atoms with Crippen LogP contribution < -0.4 is 0 Å². The molecule has 0 amide bonds.